The smallest absolute Gasteiger partial charge is 0.270 e. The van der Waals surface area contributed by atoms with Crippen LogP contribution in [0.25, 0.3) is 0 Å². The Balaban J connectivity index is 1.91. The maximum Gasteiger partial charge on any atom is 0.270 e. The molecular formula is C14H23N5O. The minimum absolute atomic E-state index is 0.122. The molecule has 6 nitrogen and oxygen atoms in total. The largest absolute Gasteiger partial charge is 0.373 e. The molecule has 0 spiro atoms. The van der Waals surface area contributed by atoms with Gasteiger partial charge in [-0.05, 0) is 26.2 Å². The zero-order valence-electron chi connectivity index (χ0n) is 12.4. The van der Waals surface area contributed by atoms with Crippen molar-refractivity contribution in [2.75, 3.05) is 52.6 Å². The third-order valence-corrected chi connectivity index (χ3v) is 3.72. The van der Waals surface area contributed by atoms with Crippen LogP contribution >= 0.6 is 0 Å². The highest BCUT2D eigenvalue weighted by Crippen LogP contribution is 2.06. The summed E-state index contributed by atoms with van der Waals surface area (Å²) in [6, 6.07) is 5.74. The van der Waals surface area contributed by atoms with Crippen LogP contribution in [0, 0.1) is 0 Å². The molecule has 1 amide bonds. The first-order chi connectivity index (χ1) is 9.60. The van der Waals surface area contributed by atoms with Crippen molar-refractivity contribution in [3.8, 4) is 0 Å². The molecule has 0 bridgehead atoms. The number of likely N-dealkylation sites (N-methyl/N-ethyl adjacent to an activating group) is 2. The van der Waals surface area contributed by atoms with Gasteiger partial charge in [0, 0.05) is 39.3 Å². The number of carbonyl (C=O) groups excluding carboxylic acids is 1. The molecule has 2 N–H and O–H groups in total. The number of nitrogens with zero attached hydrogens (tertiary/aromatic N) is 3. The van der Waals surface area contributed by atoms with Crippen molar-refractivity contribution in [1.29, 1.82) is 0 Å². The minimum Gasteiger partial charge on any atom is -0.373 e. The van der Waals surface area contributed by atoms with Crippen LogP contribution in [0.4, 0.5) is 5.82 Å². The predicted octanol–water partition coefficient (Wildman–Crippen LogP) is 0.0989. The van der Waals surface area contributed by atoms with Crippen molar-refractivity contribution >= 4 is 11.7 Å². The summed E-state index contributed by atoms with van der Waals surface area (Å²) in [7, 11) is 6.00. The summed E-state index contributed by atoms with van der Waals surface area (Å²) in [5, 5.41) is 5.91. The van der Waals surface area contributed by atoms with Gasteiger partial charge < -0.3 is 15.5 Å². The van der Waals surface area contributed by atoms with E-state index in [2.05, 4.69) is 39.5 Å². The zero-order chi connectivity index (χ0) is 14.5. The standard InChI is InChI=1S/C14H23N5O/c1-15-13-6-4-5-12(17-13)14(20)16-9-11-10-18(2)7-8-19(11)3/h4-6,11H,7-10H2,1-3H3,(H,15,17)(H,16,20). The van der Waals surface area contributed by atoms with Crippen LogP contribution in [0.1, 0.15) is 10.5 Å². The molecule has 1 aromatic heterocycles. The molecule has 0 aromatic carbocycles. The van der Waals surface area contributed by atoms with Crippen molar-refractivity contribution in [3.05, 3.63) is 23.9 Å². The maximum atomic E-state index is 12.1. The molecule has 2 rings (SSSR count). The lowest BCUT2D eigenvalue weighted by molar-refractivity contribution is 0.0877. The van der Waals surface area contributed by atoms with Gasteiger partial charge in [0.25, 0.3) is 5.91 Å². The summed E-state index contributed by atoms with van der Waals surface area (Å²) in [4.78, 5) is 20.9. The van der Waals surface area contributed by atoms with E-state index in [4.69, 9.17) is 0 Å². The number of anilines is 1. The molecule has 1 aromatic rings. The van der Waals surface area contributed by atoms with Crippen molar-refractivity contribution in [2.24, 2.45) is 0 Å². The van der Waals surface area contributed by atoms with Gasteiger partial charge in [0.1, 0.15) is 11.5 Å². The Morgan fingerprint density at radius 2 is 2.20 bits per heavy atom. The van der Waals surface area contributed by atoms with Gasteiger partial charge in [0.15, 0.2) is 0 Å². The van der Waals surface area contributed by atoms with E-state index in [-0.39, 0.29) is 5.91 Å². The highest BCUT2D eigenvalue weighted by atomic mass is 16.1. The fraction of sp³-hybridized carbons (Fsp3) is 0.571. The molecule has 1 fully saturated rings. The van der Waals surface area contributed by atoms with E-state index >= 15 is 0 Å². The molecule has 1 aliphatic rings. The number of rotatable bonds is 4. The summed E-state index contributed by atoms with van der Waals surface area (Å²) < 4.78 is 0. The normalized spacial score (nSPS) is 20.6. The van der Waals surface area contributed by atoms with Crippen LogP contribution in [-0.2, 0) is 0 Å². The number of aromatic nitrogens is 1. The molecule has 1 atom stereocenters. The number of hydrogen-bond acceptors (Lipinski definition) is 5. The van der Waals surface area contributed by atoms with Crippen LogP contribution in [-0.4, -0.2) is 74.1 Å². The first-order valence-corrected chi connectivity index (χ1v) is 6.92. The molecule has 1 aliphatic heterocycles. The van der Waals surface area contributed by atoms with Gasteiger partial charge in [-0.1, -0.05) is 6.07 Å². The predicted molar refractivity (Wildman–Crippen MR) is 80.0 cm³/mol. The lowest BCUT2D eigenvalue weighted by Crippen LogP contribution is -2.54. The van der Waals surface area contributed by atoms with E-state index in [0.717, 1.165) is 19.6 Å². The zero-order valence-corrected chi connectivity index (χ0v) is 12.4. The average molecular weight is 277 g/mol. The van der Waals surface area contributed by atoms with E-state index in [1.807, 2.05) is 12.1 Å². The van der Waals surface area contributed by atoms with Gasteiger partial charge in [-0.25, -0.2) is 4.98 Å². The lowest BCUT2D eigenvalue weighted by Gasteiger charge is -2.37. The molecule has 2 heterocycles. The van der Waals surface area contributed by atoms with Crippen LogP contribution in [0.5, 0.6) is 0 Å². The Labute approximate surface area is 120 Å². The van der Waals surface area contributed by atoms with Gasteiger partial charge in [-0.2, -0.15) is 0 Å². The fourth-order valence-corrected chi connectivity index (χ4v) is 2.32. The molecule has 20 heavy (non-hydrogen) atoms. The van der Waals surface area contributed by atoms with Crippen LogP contribution < -0.4 is 10.6 Å². The Kier molecular flexibility index (Phi) is 4.92. The Bertz CT molecular complexity index is 465. The molecule has 110 valence electrons. The Morgan fingerprint density at radius 3 is 2.95 bits per heavy atom. The third kappa shape index (κ3) is 3.68. The van der Waals surface area contributed by atoms with Gasteiger partial charge in [0.05, 0.1) is 0 Å². The van der Waals surface area contributed by atoms with Crippen molar-refractivity contribution in [2.45, 2.75) is 6.04 Å². The van der Waals surface area contributed by atoms with Gasteiger partial charge in [0.2, 0.25) is 0 Å². The molecular weight excluding hydrogens is 254 g/mol. The van der Waals surface area contributed by atoms with Gasteiger partial charge in [-0.3, -0.25) is 9.69 Å². The SMILES string of the molecule is CNc1cccc(C(=O)NCC2CN(C)CCN2C)n1. The summed E-state index contributed by atoms with van der Waals surface area (Å²) in [6.07, 6.45) is 0. The van der Waals surface area contributed by atoms with E-state index < -0.39 is 0 Å². The molecule has 1 saturated heterocycles. The molecule has 0 aliphatic carbocycles. The molecule has 6 heteroatoms. The lowest BCUT2D eigenvalue weighted by atomic mass is 10.2. The number of piperazine rings is 1. The molecule has 1 unspecified atom stereocenters. The third-order valence-electron chi connectivity index (χ3n) is 3.72. The average Bonchev–Trinajstić information content (AvgIpc) is 2.48. The first kappa shape index (κ1) is 14.7. The van der Waals surface area contributed by atoms with Crippen molar-refractivity contribution in [3.63, 3.8) is 0 Å². The van der Waals surface area contributed by atoms with Crippen molar-refractivity contribution in [1.82, 2.24) is 20.1 Å². The second-order valence-corrected chi connectivity index (χ2v) is 5.26. The Hall–Kier alpha value is -1.66. The highest BCUT2D eigenvalue weighted by molar-refractivity contribution is 5.92. The maximum absolute atomic E-state index is 12.1. The van der Waals surface area contributed by atoms with Crippen LogP contribution in [0.3, 0.4) is 0 Å². The number of nitrogens with one attached hydrogen (secondary N) is 2. The summed E-state index contributed by atoms with van der Waals surface area (Å²) in [5.74, 6) is 0.580. The first-order valence-electron chi connectivity index (χ1n) is 6.92. The second-order valence-electron chi connectivity index (χ2n) is 5.26. The van der Waals surface area contributed by atoms with Gasteiger partial charge in [-0.15, -0.1) is 0 Å². The van der Waals surface area contributed by atoms with E-state index in [0.29, 0.717) is 24.1 Å². The monoisotopic (exact) mass is 277 g/mol. The van der Waals surface area contributed by atoms with Gasteiger partial charge >= 0.3 is 0 Å². The second kappa shape index (κ2) is 6.67. The van der Waals surface area contributed by atoms with Crippen LogP contribution in [0.15, 0.2) is 18.2 Å². The minimum atomic E-state index is -0.122. The summed E-state index contributed by atoms with van der Waals surface area (Å²) in [6.45, 7) is 3.73. The van der Waals surface area contributed by atoms with E-state index in [1.165, 1.54) is 0 Å². The van der Waals surface area contributed by atoms with Crippen molar-refractivity contribution < 1.29 is 4.79 Å². The quantitative estimate of drug-likeness (QED) is 0.817. The number of carbonyl (C=O) groups is 1. The van der Waals surface area contributed by atoms with Crippen LogP contribution in [0.2, 0.25) is 0 Å². The number of amides is 1. The number of pyridine rings is 1. The topological polar surface area (TPSA) is 60.5 Å². The number of hydrogen-bond donors (Lipinski definition) is 2. The van der Waals surface area contributed by atoms with E-state index in [1.54, 1.807) is 13.1 Å². The summed E-state index contributed by atoms with van der Waals surface area (Å²) in [5.41, 5.74) is 0.448. The van der Waals surface area contributed by atoms with E-state index in [9.17, 15) is 4.79 Å². The fourth-order valence-electron chi connectivity index (χ4n) is 2.32. The highest BCUT2D eigenvalue weighted by Gasteiger charge is 2.22. The molecule has 0 radical (unpaired) electrons. The Morgan fingerprint density at radius 1 is 1.40 bits per heavy atom. The molecule has 0 saturated carbocycles. The summed E-state index contributed by atoms with van der Waals surface area (Å²) >= 11 is 0.